The normalized spacial score (nSPS) is 16.0. The molecule has 0 bridgehead atoms. The Balaban J connectivity index is 5.43. The van der Waals surface area contributed by atoms with Gasteiger partial charge in [0.2, 0.25) is 23.6 Å². The molecular weight excluding hydrogens is 398 g/mol. The molecule has 0 aromatic rings. The van der Waals surface area contributed by atoms with Gasteiger partial charge in [-0.1, -0.05) is 13.8 Å². The zero-order chi connectivity index (χ0) is 23.6. The average Bonchev–Trinajstić information content (AvgIpc) is 2.62. The zero-order valence-corrected chi connectivity index (χ0v) is 17.9. The van der Waals surface area contributed by atoms with Crippen LogP contribution in [0.4, 0.5) is 0 Å². The van der Waals surface area contributed by atoms with E-state index in [0.717, 1.165) is 0 Å². The van der Waals surface area contributed by atoms with Crippen LogP contribution in [-0.2, 0) is 24.0 Å². The van der Waals surface area contributed by atoms with Crippen LogP contribution < -0.4 is 27.0 Å². The molecule has 0 aliphatic carbocycles. The summed E-state index contributed by atoms with van der Waals surface area (Å²) >= 11 is 0. The fraction of sp³-hybridized carbons (Fsp3) is 0.722. The number of aliphatic hydroxyl groups excluding tert-OH is 1. The van der Waals surface area contributed by atoms with Crippen molar-refractivity contribution >= 4 is 29.6 Å². The van der Waals surface area contributed by atoms with Crippen LogP contribution in [0.3, 0.4) is 0 Å². The number of rotatable bonds is 13. The molecule has 172 valence electrons. The van der Waals surface area contributed by atoms with Gasteiger partial charge in [-0.2, -0.15) is 0 Å². The number of aliphatic carboxylic acids is 1. The van der Waals surface area contributed by atoms with Crippen molar-refractivity contribution in [2.75, 3.05) is 7.05 Å². The van der Waals surface area contributed by atoms with Crippen LogP contribution in [0, 0.1) is 5.92 Å². The third kappa shape index (κ3) is 9.18. The lowest BCUT2D eigenvalue weighted by Gasteiger charge is -2.27. The van der Waals surface area contributed by atoms with Crippen LogP contribution >= 0.6 is 0 Å². The smallest absolute Gasteiger partial charge is 0.303 e. The predicted octanol–water partition coefficient (Wildman–Crippen LogP) is -2.56. The first-order valence-corrected chi connectivity index (χ1v) is 9.59. The lowest BCUT2D eigenvalue weighted by molar-refractivity contribution is -0.139. The van der Waals surface area contributed by atoms with Gasteiger partial charge in [-0.15, -0.1) is 0 Å². The molecule has 0 aliphatic rings. The Morgan fingerprint density at radius 2 is 1.40 bits per heavy atom. The van der Waals surface area contributed by atoms with E-state index in [0.29, 0.717) is 0 Å². The Morgan fingerprint density at radius 1 is 0.867 bits per heavy atom. The van der Waals surface area contributed by atoms with Gasteiger partial charge in [-0.05, 0) is 33.2 Å². The maximum absolute atomic E-state index is 12.7. The highest BCUT2D eigenvalue weighted by atomic mass is 16.4. The summed E-state index contributed by atoms with van der Waals surface area (Å²) in [7, 11) is 1.45. The number of hydrogen-bond acceptors (Lipinski definition) is 7. The Labute approximate surface area is 175 Å². The summed E-state index contributed by atoms with van der Waals surface area (Å²) in [6.07, 6.45) is -1.70. The number of carboxylic acid groups (broad SMARTS) is 1. The van der Waals surface area contributed by atoms with Gasteiger partial charge < -0.3 is 37.2 Å². The lowest BCUT2D eigenvalue weighted by atomic mass is 10.0. The first kappa shape index (κ1) is 27.3. The number of nitrogens with one attached hydrogen (secondary N) is 4. The number of likely N-dealkylation sites (N-methyl/N-ethyl adjacent to an activating group) is 1. The maximum Gasteiger partial charge on any atom is 0.303 e. The fourth-order valence-corrected chi connectivity index (χ4v) is 2.55. The van der Waals surface area contributed by atoms with Crippen LogP contribution in [0.2, 0.25) is 0 Å². The molecule has 0 rings (SSSR count). The summed E-state index contributed by atoms with van der Waals surface area (Å²) in [5.74, 6) is -4.43. The van der Waals surface area contributed by atoms with Gasteiger partial charge in [-0.3, -0.25) is 24.0 Å². The molecule has 0 saturated carbocycles. The van der Waals surface area contributed by atoms with Gasteiger partial charge in [0.05, 0.1) is 6.10 Å². The molecular formula is C18H33N5O7. The van der Waals surface area contributed by atoms with Crippen molar-refractivity contribution in [1.29, 1.82) is 0 Å². The highest BCUT2D eigenvalue weighted by Gasteiger charge is 2.32. The first-order chi connectivity index (χ1) is 13.8. The quantitative estimate of drug-likeness (QED) is 0.165. The third-order valence-electron chi connectivity index (χ3n) is 4.39. The number of nitrogens with two attached hydrogens (primary N) is 1. The summed E-state index contributed by atoms with van der Waals surface area (Å²) in [6.45, 7) is 6.10. The predicted molar refractivity (Wildman–Crippen MR) is 107 cm³/mol. The zero-order valence-electron chi connectivity index (χ0n) is 17.9. The molecule has 4 amide bonds. The van der Waals surface area contributed by atoms with Crippen molar-refractivity contribution in [3.8, 4) is 0 Å². The highest BCUT2D eigenvalue weighted by molar-refractivity contribution is 5.94. The van der Waals surface area contributed by atoms with E-state index in [-0.39, 0.29) is 12.3 Å². The second-order valence-corrected chi connectivity index (χ2v) is 7.36. The van der Waals surface area contributed by atoms with Gasteiger partial charge >= 0.3 is 5.97 Å². The molecule has 0 aromatic carbocycles. The van der Waals surface area contributed by atoms with E-state index in [1.165, 1.54) is 20.9 Å². The number of aliphatic hydroxyl groups is 1. The molecule has 0 fully saturated rings. The second-order valence-electron chi connectivity index (χ2n) is 7.36. The first-order valence-electron chi connectivity index (χ1n) is 9.59. The summed E-state index contributed by atoms with van der Waals surface area (Å²) in [5, 5.41) is 28.5. The van der Waals surface area contributed by atoms with Crippen molar-refractivity contribution in [1.82, 2.24) is 21.3 Å². The molecule has 12 nitrogen and oxygen atoms in total. The Kier molecular flexibility index (Phi) is 11.6. The molecule has 0 heterocycles. The standard InChI is InChI=1S/C18H33N5O7/c1-8(2)13(17(29)21-9(3)15(19)27)23-16(28)11(6-7-12(25)26)22-18(30)14(20-5)10(4)24/h8-11,13-14,20,24H,6-7H2,1-5H3,(H2,19,27)(H,21,29)(H,22,30)(H,23,28)(H,25,26). The summed E-state index contributed by atoms with van der Waals surface area (Å²) in [4.78, 5) is 59.6. The van der Waals surface area contributed by atoms with Gasteiger partial charge in [0, 0.05) is 6.42 Å². The number of primary amides is 1. The Bertz CT molecular complexity index is 638. The molecule has 0 saturated heterocycles. The van der Waals surface area contributed by atoms with Crippen LogP contribution in [0.1, 0.15) is 40.5 Å². The van der Waals surface area contributed by atoms with E-state index >= 15 is 0 Å². The molecule has 5 atom stereocenters. The number of carbonyl (C=O) groups excluding carboxylic acids is 4. The van der Waals surface area contributed by atoms with Crippen LogP contribution in [0.25, 0.3) is 0 Å². The van der Waals surface area contributed by atoms with E-state index in [4.69, 9.17) is 10.8 Å². The number of hydrogen-bond donors (Lipinski definition) is 7. The van der Waals surface area contributed by atoms with Gasteiger partial charge in [0.25, 0.3) is 0 Å². The minimum atomic E-state index is -1.26. The van der Waals surface area contributed by atoms with Crippen molar-refractivity contribution < 1.29 is 34.2 Å². The Hall–Kier alpha value is -2.73. The van der Waals surface area contributed by atoms with E-state index in [1.807, 2.05) is 0 Å². The Morgan fingerprint density at radius 3 is 1.80 bits per heavy atom. The van der Waals surface area contributed by atoms with E-state index < -0.39 is 66.3 Å². The molecule has 5 unspecified atom stereocenters. The summed E-state index contributed by atoms with van der Waals surface area (Å²) < 4.78 is 0. The van der Waals surface area contributed by atoms with Gasteiger partial charge in [-0.25, -0.2) is 0 Å². The summed E-state index contributed by atoms with van der Waals surface area (Å²) in [6, 6.07) is -4.29. The highest BCUT2D eigenvalue weighted by Crippen LogP contribution is 2.06. The average molecular weight is 431 g/mol. The van der Waals surface area contributed by atoms with Crippen LogP contribution in [0.15, 0.2) is 0 Å². The van der Waals surface area contributed by atoms with Crippen LogP contribution in [-0.4, -0.2) is 77.1 Å². The van der Waals surface area contributed by atoms with Gasteiger partial charge in [0.1, 0.15) is 24.2 Å². The molecule has 0 aromatic heterocycles. The monoisotopic (exact) mass is 431 g/mol. The largest absolute Gasteiger partial charge is 0.481 e. The lowest BCUT2D eigenvalue weighted by Crippen LogP contribution is -2.59. The molecule has 30 heavy (non-hydrogen) atoms. The minimum Gasteiger partial charge on any atom is -0.481 e. The number of carbonyl (C=O) groups is 5. The molecule has 0 aliphatic heterocycles. The van der Waals surface area contributed by atoms with Crippen LogP contribution in [0.5, 0.6) is 0 Å². The molecule has 12 heteroatoms. The maximum atomic E-state index is 12.7. The van der Waals surface area contributed by atoms with Gasteiger partial charge in [0.15, 0.2) is 0 Å². The third-order valence-corrected chi connectivity index (χ3v) is 4.39. The number of carboxylic acids is 1. The summed E-state index contributed by atoms with van der Waals surface area (Å²) in [5.41, 5.74) is 5.13. The SMILES string of the molecule is CNC(C(=O)NC(CCC(=O)O)C(=O)NC(C(=O)NC(C)C(N)=O)C(C)C)C(C)O. The molecule has 8 N–H and O–H groups in total. The molecule has 0 spiro atoms. The van der Waals surface area contributed by atoms with Crippen molar-refractivity contribution in [2.24, 2.45) is 11.7 Å². The second kappa shape index (κ2) is 12.8. The van der Waals surface area contributed by atoms with E-state index in [9.17, 15) is 29.1 Å². The number of amides is 4. The van der Waals surface area contributed by atoms with Crippen molar-refractivity contribution in [3.63, 3.8) is 0 Å². The van der Waals surface area contributed by atoms with Crippen molar-refractivity contribution in [2.45, 2.75) is 70.8 Å². The molecule has 0 radical (unpaired) electrons. The van der Waals surface area contributed by atoms with E-state index in [1.54, 1.807) is 13.8 Å². The fourth-order valence-electron chi connectivity index (χ4n) is 2.55. The topological polar surface area (TPSA) is 200 Å². The minimum absolute atomic E-state index is 0.229. The van der Waals surface area contributed by atoms with E-state index in [2.05, 4.69) is 21.3 Å². The van der Waals surface area contributed by atoms with Crippen molar-refractivity contribution in [3.05, 3.63) is 0 Å².